The zero-order valence-electron chi connectivity index (χ0n) is 18.3. The first-order chi connectivity index (χ1) is 15.4. The van der Waals surface area contributed by atoms with Gasteiger partial charge in [0, 0.05) is 49.3 Å². The van der Waals surface area contributed by atoms with Crippen LogP contribution in [0, 0.1) is 0 Å². The minimum absolute atomic E-state index is 0.0288. The van der Waals surface area contributed by atoms with Gasteiger partial charge in [-0.15, -0.1) is 0 Å². The van der Waals surface area contributed by atoms with Crippen molar-refractivity contribution in [2.75, 3.05) is 57.0 Å². The minimum Gasteiger partial charge on any atom is -0.497 e. The smallest absolute Gasteiger partial charge is 0.221 e. The number of nitrogens with one attached hydrogen (secondary N) is 1. The van der Waals surface area contributed by atoms with Crippen molar-refractivity contribution in [3.63, 3.8) is 0 Å². The molecule has 0 aromatic heterocycles. The number of sulfone groups is 1. The average Bonchev–Trinajstić information content (AvgIpc) is 2.81. The van der Waals surface area contributed by atoms with Crippen LogP contribution in [0.15, 0.2) is 57.9 Å². The summed E-state index contributed by atoms with van der Waals surface area (Å²) in [6.07, 6.45) is 0.812. The molecule has 1 heterocycles. The van der Waals surface area contributed by atoms with Gasteiger partial charge in [-0.3, -0.25) is 9.69 Å². The molecule has 0 unspecified atom stereocenters. The van der Waals surface area contributed by atoms with Gasteiger partial charge in [-0.2, -0.15) is 0 Å². The van der Waals surface area contributed by atoms with Crippen LogP contribution in [0.4, 0.5) is 5.69 Å². The highest BCUT2D eigenvalue weighted by Gasteiger charge is 2.18. The molecule has 0 atom stereocenters. The van der Waals surface area contributed by atoms with E-state index in [1.165, 1.54) is 5.69 Å². The molecule has 32 heavy (non-hydrogen) atoms. The summed E-state index contributed by atoms with van der Waals surface area (Å²) in [6, 6.07) is 14.6. The van der Waals surface area contributed by atoms with Crippen LogP contribution < -0.4 is 15.0 Å². The first-order valence-corrected chi connectivity index (χ1v) is 13.2. The van der Waals surface area contributed by atoms with Gasteiger partial charge in [-0.1, -0.05) is 15.9 Å². The lowest BCUT2D eigenvalue weighted by Crippen LogP contribution is -2.47. The molecule has 0 aliphatic carbocycles. The fourth-order valence-electron chi connectivity index (χ4n) is 3.63. The van der Waals surface area contributed by atoms with Gasteiger partial charge >= 0.3 is 0 Å². The molecule has 174 valence electrons. The van der Waals surface area contributed by atoms with Crippen LogP contribution in [-0.2, 0) is 14.6 Å². The number of amides is 1. The standard InChI is InChI=1S/C23H30BrN3O4S/c1-31-21-7-5-20(6-8-21)27-16-14-26(15-17-27)13-2-12-25-23(28)11-18-32(29,30)22-9-3-19(24)4-10-22/h3-10H,2,11-18H2,1H3,(H,25,28). The Morgan fingerprint density at radius 3 is 2.31 bits per heavy atom. The maximum Gasteiger partial charge on any atom is 0.221 e. The number of hydrogen-bond donors (Lipinski definition) is 1. The van der Waals surface area contributed by atoms with Gasteiger partial charge in [-0.05, 0) is 61.5 Å². The molecular weight excluding hydrogens is 494 g/mol. The highest BCUT2D eigenvalue weighted by molar-refractivity contribution is 9.10. The van der Waals surface area contributed by atoms with Crippen molar-refractivity contribution in [2.24, 2.45) is 0 Å². The van der Waals surface area contributed by atoms with E-state index in [1.54, 1.807) is 31.4 Å². The summed E-state index contributed by atoms with van der Waals surface area (Å²) in [4.78, 5) is 17.1. The third kappa shape index (κ3) is 7.21. The first kappa shape index (κ1) is 24.5. The summed E-state index contributed by atoms with van der Waals surface area (Å²) in [5.41, 5.74) is 1.20. The Bertz CT molecular complexity index is 973. The van der Waals surface area contributed by atoms with Gasteiger partial charge < -0.3 is 15.0 Å². The Kier molecular flexibility index (Phi) is 8.95. The summed E-state index contributed by atoms with van der Waals surface area (Å²) >= 11 is 3.29. The number of methoxy groups -OCH3 is 1. The second-order valence-electron chi connectivity index (χ2n) is 7.75. The van der Waals surface area contributed by atoms with Crippen LogP contribution in [0.2, 0.25) is 0 Å². The number of benzene rings is 2. The van der Waals surface area contributed by atoms with Crippen molar-refractivity contribution < 1.29 is 17.9 Å². The summed E-state index contributed by atoms with van der Waals surface area (Å²) < 4.78 is 30.7. The fourth-order valence-corrected chi connectivity index (χ4v) is 5.13. The lowest BCUT2D eigenvalue weighted by molar-refractivity contribution is -0.120. The highest BCUT2D eigenvalue weighted by atomic mass is 79.9. The monoisotopic (exact) mass is 523 g/mol. The molecule has 1 fully saturated rings. The molecule has 0 spiro atoms. The molecule has 2 aromatic rings. The van der Waals surface area contributed by atoms with Crippen LogP contribution in [0.5, 0.6) is 5.75 Å². The highest BCUT2D eigenvalue weighted by Crippen LogP contribution is 2.20. The zero-order valence-corrected chi connectivity index (χ0v) is 20.7. The number of ether oxygens (including phenoxy) is 1. The number of carbonyl (C=O) groups is 1. The van der Waals surface area contributed by atoms with Crippen molar-refractivity contribution in [2.45, 2.75) is 17.7 Å². The Morgan fingerprint density at radius 2 is 1.69 bits per heavy atom. The topological polar surface area (TPSA) is 79.0 Å². The van der Waals surface area contributed by atoms with Crippen LogP contribution in [0.3, 0.4) is 0 Å². The van der Waals surface area contributed by atoms with Crippen molar-refractivity contribution in [3.05, 3.63) is 53.0 Å². The van der Waals surface area contributed by atoms with Crippen molar-refractivity contribution in [1.82, 2.24) is 10.2 Å². The van der Waals surface area contributed by atoms with E-state index in [9.17, 15) is 13.2 Å². The molecule has 1 aliphatic rings. The largest absolute Gasteiger partial charge is 0.497 e. The summed E-state index contributed by atoms with van der Waals surface area (Å²) in [7, 11) is -1.78. The van der Waals surface area contributed by atoms with Crippen LogP contribution >= 0.6 is 15.9 Å². The number of anilines is 1. The Labute approximate surface area is 198 Å². The molecule has 1 N–H and O–H groups in total. The van der Waals surface area contributed by atoms with Crippen molar-refractivity contribution in [1.29, 1.82) is 0 Å². The third-order valence-corrected chi connectivity index (χ3v) is 7.81. The van der Waals surface area contributed by atoms with E-state index in [4.69, 9.17) is 4.74 Å². The molecule has 3 rings (SSSR count). The van der Waals surface area contributed by atoms with Gasteiger partial charge in [0.1, 0.15) is 5.75 Å². The maximum absolute atomic E-state index is 12.3. The molecule has 1 aliphatic heterocycles. The number of rotatable bonds is 10. The van der Waals surface area contributed by atoms with E-state index in [-0.39, 0.29) is 23.0 Å². The molecule has 1 saturated heterocycles. The van der Waals surface area contributed by atoms with E-state index in [0.29, 0.717) is 6.54 Å². The SMILES string of the molecule is COc1ccc(N2CCN(CCCNC(=O)CCS(=O)(=O)c3ccc(Br)cc3)CC2)cc1. The number of carbonyl (C=O) groups excluding carboxylic acids is 1. The van der Waals surface area contributed by atoms with E-state index in [1.807, 2.05) is 12.1 Å². The van der Waals surface area contributed by atoms with E-state index < -0.39 is 9.84 Å². The van der Waals surface area contributed by atoms with Crippen molar-refractivity contribution >= 4 is 37.4 Å². The molecule has 0 radical (unpaired) electrons. The van der Waals surface area contributed by atoms with Crippen LogP contribution in [0.25, 0.3) is 0 Å². The molecule has 1 amide bonds. The third-order valence-electron chi connectivity index (χ3n) is 5.55. The second kappa shape index (κ2) is 11.7. The normalized spacial score (nSPS) is 14.9. The van der Waals surface area contributed by atoms with Gasteiger partial charge in [0.2, 0.25) is 5.91 Å². The second-order valence-corrected chi connectivity index (χ2v) is 10.8. The summed E-state index contributed by atoms with van der Waals surface area (Å²) in [5.74, 6) is 0.448. The average molecular weight is 524 g/mol. The quantitative estimate of drug-likeness (QED) is 0.482. The predicted molar refractivity (Wildman–Crippen MR) is 130 cm³/mol. The van der Waals surface area contributed by atoms with Gasteiger partial charge in [-0.25, -0.2) is 8.42 Å². The van der Waals surface area contributed by atoms with E-state index in [0.717, 1.165) is 49.4 Å². The number of hydrogen-bond acceptors (Lipinski definition) is 6. The first-order valence-electron chi connectivity index (χ1n) is 10.7. The summed E-state index contributed by atoms with van der Waals surface area (Å²) in [6.45, 7) is 5.35. The number of halogens is 1. The predicted octanol–water partition coefficient (Wildman–Crippen LogP) is 2.95. The van der Waals surface area contributed by atoms with Crippen LogP contribution in [0.1, 0.15) is 12.8 Å². The van der Waals surface area contributed by atoms with Gasteiger partial charge in [0.25, 0.3) is 0 Å². The summed E-state index contributed by atoms with van der Waals surface area (Å²) in [5, 5.41) is 2.84. The molecule has 0 saturated carbocycles. The van der Waals surface area contributed by atoms with Gasteiger partial charge in [0.05, 0.1) is 17.8 Å². The molecule has 7 nitrogen and oxygen atoms in total. The molecule has 2 aromatic carbocycles. The number of piperazine rings is 1. The lowest BCUT2D eigenvalue weighted by Gasteiger charge is -2.36. The minimum atomic E-state index is -3.45. The van der Waals surface area contributed by atoms with E-state index >= 15 is 0 Å². The zero-order chi connectivity index (χ0) is 23.0. The lowest BCUT2D eigenvalue weighted by atomic mass is 10.2. The number of nitrogens with zero attached hydrogens (tertiary/aromatic N) is 2. The Hall–Kier alpha value is -2.10. The maximum atomic E-state index is 12.3. The van der Waals surface area contributed by atoms with Crippen molar-refractivity contribution in [3.8, 4) is 5.75 Å². The molecule has 9 heteroatoms. The Balaban J connectivity index is 1.30. The molecule has 0 bridgehead atoms. The van der Waals surface area contributed by atoms with Crippen LogP contribution in [-0.4, -0.2) is 71.4 Å². The van der Waals surface area contributed by atoms with E-state index in [2.05, 4.69) is 43.2 Å². The molecular formula is C23H30BrN3O4S. The van der Waals surface area contributed by atoms with Gasteiger partial charge in [0.15, 0.2) is 9.84 Å². The fraction of sp³-hybridized carbons (Fsp3) is 0.435. The Morgan fingerprint density at radius 1 is 1.03 bits per heavy atom.